The van der Waals surface area contributed by atoms with E-state index >= 15 is 0 Å². The van der Waals surface area contributed by atoms with E-state index in [1.165, 1.54) is 16.9 Å². The molecular weight excluding hydrogens is 486 g/mol. The van der Waals surface area contributed by atoms with E-state index in [1.54, 1.807) is 24.5 Å². The average molecular weight is 516 g/mol. The summed E-state index contributed by atoms with van der Waals surface area (Å²) in [5.74, 6) is 0.692. The number of benzene rings is 1. The number of carbonyl (C=O) groups is 1. The number of thiazole rings is 1. The van der Waals surface area contributed by atoms with Crippen LogP contribution >= 0.6 is 11.3 Å². The highest BCUT2D eigenvalue weighted by molar-refractivity contribution is 7.07. The summed E-state index contributed by atoms with van der Waals surface area (Å²) in [5, 5.41) is 0. The van der Waals surface area contributed by atoms with Crippen LogP contribution < -0.4 is 14.9 Å². The average Bonchev–Trinajstić information content (AvgIpc) is 3.49. The molecule has 0 saturated heterocycles. The second-order valence-corrected chi connectivity index (χ2v) is 10.3. The van der Waals surface area contributed by atoms with Crippen molar-refractivity contribution in [3.63, 3.8) is 0 Å². The predicted molar refractivity (Wildman–Crippen MR) is 144 cm³/mol. The van der Waals surface area contributed by atoms with Crippen LogP contribution in [0.4, 0.5) is 0 Å². The Kier molecular flexibility index (Phi) is 6.37. The van der Waals surface area contributed by atoms with Crippen molar-refractivity contribution >= 4 is 23.4 Å². The fraction of sp³-hybridized carbons (Fsp3) is 0.276. The lowest BCUT2D eigenvalue weighted by Gasteiger charge is -2.22. The fourth-order valence-corrected chi connectivity index (χ4v) is 5.94. The van der Waals surface area contributed by atoms with E-state index in [2.05, 4.69) is 54.6 Å². The molecule has 4 aromatic rings. The molecule has 4 heterocycles. The van der Waals surface area contributed by atoms with Crippen molar-refractivity contribution in [2.24, 2.45) is 4.99 Å². The minimum Gasteiger partial charge on any atom is -0.464 e. The van der Waals surface area contributed by atoms with Crippen molar-refractivity contribution in [1.29, 1.82) is 0 Å². The highest BCUT2D eigenvalue weighted by atomic mass is 32.1. The molecule has 0 spiro atoms. The lowest BCUT2D eigenvalue weighted by molar-refractivity contribution is -0.139. The molecule has 3 aromatic heterocycles. The zero-order chi connectivity index (χ0) is 26.4. The Bertz CT molecular complexity index is 1750. The highest BCUT2D eigenvalue weighted by Crippen LogP contribution is 2.31. The molecule has 0 unspecified atom stereocenters. The molecular formula is C29H29N3O4S. The number of nitrogens with zero attached hydrogens (tertiary/aromatic N) is 3. The van der Waals surface area contributed by atoms with Crippen molar-refractivity contribution in [2.75, 3.05) is 6.61 Å². The van der Waals surface area contributed by atoms with Crippen LogP contribution in [0.15, 0.2) is 67.9 Å². The Morgan fingerprint density at radius 1 is 1.14 bits per heavy atom. The number of aryl methyl sites for hydroxylation is 3. The molecule has 1 aromatic carbocycles. The zero-order valence-electron chi connectivity index (χ0n) is 21.8. The summed E-state index contributed by atoms with van der Waals surface area (Å²) in [6, 6.07) is 13.3. The topological polar surface area (TPSA) is 78.7 Å². The Morgan fingerprint density at radius 3 is 2.59 bits per heavy atom. The number of furan rings is 1. The second kappa shape index (κ2) is 9.52. The van der Waals surface area contributed by atoms with E-state index in [4.69, 9.17) is 9.15 Å². The van der Waals surface area contributed by atoms with E-state index in [1.807, 2.05) is 25.1 Å². The summed E-state index contributed by atoms with van der Waals surface area (Å²) in [4.78, 5) is 31.9. The van der Waals surface area contributed by atoms with Crippen LogP contribution in [0.25, 0.3) is 11.8 Å². The van der Waals surface area contributed by atoms with Gasteiger partial charge < -0.3 is 13.7 Å². The third kappa shape index (κ3) is 4.31. The molecule has 0 radical (unpaired) electrons. The summed E-state index contributed by atoms with van der Waals surface area (Å²) >= 11 is 1.31. The second-order valence-electron chi connectivity index (χ2n) is 9.25. The first-order valence-electron chi connectivity index (χ1n) is 12.2. The maximum Gasteiger partial charge on any atom is 0.338 e. The zero-order valence-corrected chi connectivity index (χ0v) is 22.6. The minimum atomic E-state index is -0.745. The normalized spacial score (nSPS) is 15.6. The summed E-state index contributed by atoms with van der Waals surface area (Å²) in [6.45, 7) is 11.8. The van der Waals surface area contributed by atoms with E-state index in [0.29, 0.717) is 32.1 Å². The standard InChI is InChI=1S/C29H29N3O4S/c1-7-35-28(34)25-19(5)30-29-32(26(25)23-12-11-18(4)36-23)27(33)24(37-29)15-21-14-17(3)31(20(21)6)22-10-8-9-16(2)13-22/h8-15,26H,7H2,1-6H3/b24-15+/t26-/m1/s1. The molecule has 5 rings (SSSR count). The number of rotatable bonds is 5. The van der Waals surface area contributed by atoms with Gasteiger partial charge in [-0.15, -0.1) is 0 Å². The van der Waals surface area contributed by atoms with Gasteiger partial charge in [-0.05, 0) is 89.1 Å². The molecule has 1 atom stereocenters. The van der Waals surface area contributed by atoms with Crippen LogP contribution in [0.5, 0.6) is 0 Å². The van der Waals surface area contributed by atoms with Crippen molar-refractivity contribution in [1.82, 2.24) is 9.13 Å². The third-order valence-corrected chi connectivity index (χ3v) is 7.55. The number of aromatic nitrogens is 2. The van der Waals surface area contributed by atoms with Gasteiger partial charge in [-0.25, -0.2) is 9.79 Å². The molecule has 1 aliphatic heterocycles. The first-order chi connectivity index (χ1) is 17.7. The summed E-state index contributed by atoms with van der Waals surface area (Å²) < 4.78 is 15.5. The van der Waals surface area contributed by atoms with Crippen LogP contribution in [-0.4, -0.2) is 21.7 Å². The van der Waals surface area contributed by atoms with Crippen LogP contribution in [0, 0.1) is 27.7 Å². The maximum atomic E-state index is 13.8. The highest BCUT2D eigenvalue weighted by Gasteiger charge is 2.35. The first-order valence-corrected chi connectivity index (χ1v) is 13.0. The van der Waals surface area contributed by atoms with E-state index in [-0.39, 0.29) is 12.2 Å². The van der Waals surface area contributed by atoms with Crippen molar-refractivity contribution < 1.29 is 13.9 Å². The van der Waals surface area contributed by atoms with Crippen LogP contribution in [0.2, 0.25) is 0 Å². The van der Waals surface area contributed by atoms with Gasteiger partial charge in [-0.1, -0.05) is 23.5 Å². The molecule has 7 nitrogen and oxygen atoms in total. The summed E-state index contributed by atoms with van der Waals surface area (Å²) in [6.07, 6.45) is 1.91. The van der Waals surface area contributed by atoms with E-state index in [9.17, 15) is 9.59 Å². The van der Waals surface area contributed by atoms with E-state index < -0.39 is 12.0 Å². The smallest absolute Gasteiger partial charge is 0.338 e. The van der Waals surface area contributed by atoms with Crippen molar-refractivity contribution in [2.45, 2.75) is 47.6 Å². The molecule has 37 heavy (non-hydrogen) atoms. The molecule has 0 fully saturated rings. The number of ether oxygens (including phenoxy) is 1. The number of fused-ring (bicyclic) bond motifs is 1. The van der Waals surface area contributed by atoms with Gasteiger partial charge in [0, 0.05) is 17.1 Å². The lowest BCUT2D eigenvalue weighted by Crippen LogP contribution is -2.39. The molecule has 0 N–H and O–H groups in total. The van der Waals surface area contributed by atoms with Gasteiger partial charge in [0.2, 0.25) is 0 Å². The summed E-state index contributed by atoms with van der Waals surface area (Å²) in [5.41, 5.74) is 5.94. The predicted octanol–water partition coefficient (Wildman–Crippen LogP) is 4.42. The number of hydrogen-bond acceptors (Lipinski definition) is 6. The minimum absolute atomic E-state index is 0.223. The molecule has 0 amide bonds. The molecule has 0 saturated carbocycles. The largest absolute Gasteiger partial charge is 0.464 e. The Labute approximate surface area is 218 Å². The Morgan fingerprint density at radius 2 is 1.92 bits per heavy atom. The van der Waals surface area contributed by atoms with E-state index in [0.717, 1.165) is 22.6 Å². The van der Waals surface area contributed by atoms with Gasteiger partial charge in [0.15, 0.2) is 4.80 Å². The monoisotopic (exact) mass is 515 g/mol. The Balaban J connectivity index is 1.69. The first kappa shape index (κ1) is 24.8. The van der Waals surface area contributed by atoms with Gasteiger partial charge in [0.25, 0.3) is 5.56 Å². The fourth-order valence-electron chi connectivity index (χ4n) is 4.90. The number of allylic oxidation sites excluding steroid dienone is 1. The number of carbonyl (C=O) groups excluding carboxylic acids is 1. The van der Waals surface area contributed by atoms with Gasteiger partial charge in [-0.3, -0.25) is 9.36 Å². The van der Waals surface area contributed by atoms with Gasteiger partial charge in [0.05, 0.1) is 22.4 Å². The maximum absolute atomic E-state index is 13.8. The quantitative estimate of drug-likeness (QED) is 0.369. The number of esters is 1. The van der Waals surface area contributed by atoms with Crippen molar-refractivity contribution in [3.8, 4) is 5.69 Å². The molecule has 0 aliphatic carbocycles. The summed E-state index contributed by atoms with van der Waals surface area (Å²) in [7, 11) is 0. The number of hydrogen-bond donors (Lipinski definition) is 0. The Hall–Kier alpha value is -3.91. The van der Waals surface area contributed by atoms with Crippen molar-refractivity contribution in [3.05, 3.63) is 107 Å². The molecule has 8 heteroatoms. The van der Waals surface area contributed by atoms with Crippen LogP contribution in [0.1, 0.15) is 53.9 Å². The SMILES string of the molecule is CCOC(=O)C1=C(C)N=c2s/c(=C/c3cc(C)n(-c4cccc(C)c4)c3C)c(=O)n2[C@@H]1c1ccc(C)o1. The van der Waals surface area contributed by atoms with Gasteiger partial charge >= 0.3 is 5.97 Å². The molecule has 190 valence electrons. The molecule has 0 bridgehead atoms. The lowest BCUT2D eigenvalue weighted by atomic mass is 10.0. The van der Waals surface area contributed by atoms with Crippen LogP contribution in [0.3, 0.4) is 0 Å². The molecule has 1 aliphatic rings. The third-order valence-electron chi connectivity index (χ3n) is 6.56. The van der Waals surface area contributed by atoms with Gasteiger partial charge in [0.1, 0.15) is 17.6 Å². The van der Waals surface area contributed by atoms with Crippen LogP contribution in [-0.2, 0) is 9.53 Å². The van der Waals surface area contributed by atoms with Gasteiger partial charge in [-0.2, -0.15) is 0 Å².